The lowest BCUT2D eigenvalue weighted by Crippen LogP contribution is -2.35. The smallest absolute Gasteiger partial charge is 0.310 e. The topological polar surface area (TPSA) is 78.8 Å². The van der Waals surface area contributed by atoms with E-state index in [4.69, 9.17) is 21.4 Å². The van der Waals surface area contributed by atoms with Crippen LogP contribution in [0.15, 0.2) is 12.1 Å². The van der Waals surface area contributed by atoms with Crippen molar-refractivity contribution < 1.29 is 19.7 Å². The minimum absolute atomic E-state index is 0.00697. The summed E-state index contributed by atoms with van der Waals surface area (Å²) < 4.78 is 5.00. The van der Waals surface area contributed by atoms with E-state index in [-0.39, 0.29) is 12.3 Å². The van der Waals surface area contributed by atoms with Gasteiger partial charge in [-0.25, -0.2) is 0 Å². The highest BCUT2D eigenvalue weighted by molar-refractivity contribution is 6.30. The fourth-order valence-electron chi connectivity index (χ4n) is 1.50. The van der Waals surface area contributed by atoms with Crippen LogP contribution < -0.4 is 10.1 Å². The van der Waals surface area contributed by atoms with Crippen LogP contribution in [0.3, 0.4) is 0 Å². The molecule has 0 heterocycles. The zero-order valence-electron chi connectivity index (χ0n) is 11.2. The number of carboxylic acids is 1. The molecular weight excluding hydrogens is 270 g/mol. The van der Waals surface area contributed by atoms with E-state index >= 15 is 0 Å². The first-order valence-electron chi connectivity index (χ1n) is 5.77. The monoisotopic (exact) mass is 287 g/mol. The Hall–Kier alpha value is -1.46. The Labute approximate surface area is 117 Å². The minimum Gasteiger partial charge on any atom is -0.504 e. The molecule has 0 aliphatic rings. The molecule has 0 bridgehead atoms. The standard InChI is InChI=1S/C13H18ClNO4/c1-13(2,12(17)18)7-15-6-8-4-9(14)5-10(19-3)11(8)16/h4-5,15-16H,6-7H2,1-3H3,(H,17,18). The molecule has 0 atom stereocenters. The molecule has 6 heteroatoms. The number of carbonyl (C=O) groups is 1. The molecule has 0 aliphatic carbocycles. The number of aromatic hydroxyl groups is 1. The summed E-state index contributed by atoms with van der Waals surface area (Å²) in [6, 6.07) is 3.13. The SMILES string of the molecule is COc1cc(Cl)cc(CNCC(C)(C)C(=O)O)c1O. The molecule has 0 fully saturated rings. The molecule has 19 heavy (non-hydrogen) atoms. The number of methoxy groups -OCH3 is 1. The van der Waals surface area contributed by atoms with E-state index in [9.17, 15) is 9.90 Å². The molecule has 0 unspecified atom stereocenters. The van der Waals surface area contributed by atoms with Crippen molar-refractivity contribution in [2.75, 3.05) is 13.7 Å². The largest absolute Gasteiger partial charge is 0.504 e. The molecule has 0 aliphatic heterocycles. The van der Waals surface area contributed by atoms with Crippen LogP contribution in [0.2, 0.25) is 5.02 Å². The first kappa shape index (κ1) is 15.6. The highest BCUT2D eigenvalue weighted by Gasteiger charge is 2.26. The maximum absolute atomic E-state index is 11.0. The van der Waals surface area contributed by atoms with Gasteiger partial charge in [0, 0.05) is 29.7 Å². The summed E-state index contributed by atoms with van der Waals surface area (Å²) in [5.74, 6) is -0.581. The summed E-state index contributed by atoms with van der Waals surface area (Å²) >= 11 is 5.91. The highest BCUT2D eigenvalue weighted by Crippen LogP contribution is 2.33. The Kier molecular flexibility index (Phi) is 5.03. The number of hydrogen-bond acceptors (Lipinski definition) is 4. The van der Waals surface area contributed by atoms with Crippen LogP contribution >= 0.6 is 11.6 Å². The second kappa shape index (κ2) is 6.12. The fourth-order valence-corrected chi connectivity index (χ4v) is 1.73. The highest BCUT2D eigenvalue weighted by atomic mass is 35.5. The van der Waals surface area contributed by atoms with E-state index in [1.807, 2.05) is 0 Å². The van der Waals surface area contributed by atoms with Gasteiger partial charge in [0.1, 0.15) is 0 Å². The zero-order valence-corrected chi connectivity index (χ0v) is 11.9. The van der Waals surface area contributed by atoms with Crippen molar-refractivity contribution in [1.29, 1.82) is 0 Å². The molecule has 106 valence electrons. The van der Waals surface area contributed by atoms with E-state index in [2.05, 4.69) is 5.32 Å². The first-order valence-corrected chi connectivity index (χ1v) is 6.15. The van der Waals surface area contributed by atoms with E-state index in [1.165, 1.54) is 13.2 Å². The second-order valence-electron chi connectivity index (χ2n) is 4.91. The summed E-state index contributed by atoms with van der Waals surface area (Å²) in [7, 11) is 1.44. The number of ether oxygens (including phenoxy) is 1. The van der Waals surface area contributed by atoms with Crippen LogP contribution in [0, 0.1) is 5.41 Å². The Morgan fingerprint density at radius 1 is 1.47 bits per heavy atom. The van der Waals surface area contributed by atoms with Crippen molar-refractivity contribution in [3.63, 3.8) is 0 Å². The lowest BCUT2D eigenvalue weighted by atomic mass is 9.94. The van der Waals surface area contributed by atoms with E-state index in [0.29, 0.717) is 22.9 Å². The zero-order chi connectivity index (χ0) is 14.6. The fraction of sp³-hybridized carbons (Fsp3) is 0.462. The molecule has 1 rings (SSSR count). The number of aliphatic carboxylic acids is 1. The van der Waals surface area contributed by atoms with Crippen LogP contribution in [-0.4, -0.2) is 29.8 Å². The third kappa shape index (κ3) is 4.01. The molecule has 0 aromatic heterocycles. The van der Waals surface area contributed by atoms with Gasteiger partial charge >= 0.3 is 5.97 Å². The van der Waals surface area contributed by atoms with Gasteiger partial charge in [-0.2, -0.15) is 0 Å². The van der Waals surface area contributed by atoms with Gasteiger partial charge in [0.05, 0.1) is 12.5 Å². The molecule has 0 radical (unpaired) electrons. The molecule has 3 N–H and O–H groups in total. The molecule has 0 saturated carbocycles. The van der Waals surface area contributed by atoms with E-state index < -0.39 is 11.4 Å². The molecular formula is C13H18ClNO4. The molecule has 0 spiro atoms. The van der Waals surface area contributed by atoms with Crippen LogP contribution in [-0.2, 0) is 11.3 Å². The second-order valence-corrected chi connectivity index (χ2v) is 5.34. The predicted octanol–water partition coefficient (Wildman–Crippen LogP) is 2.25. The number of phenolic OH excluding ortho intramolecular Hbond substituents is 1. The van der Waals surface area contributed by atoms with Gasteiger partial charge in [-0.05, 0) is 19.9 Å². The lowest BCUT2D eigenvalue weighted by Gasteiger charge is -2.20. The van der Waals surface area contributed by atoms with Crippen molar-refractivity contribution in [3.8, 4) is 11.5 Å². The molecule has 1 aromatic carbocycles. The Balaban J connectivity index is 2.74. The van der Waals surface area contributed by atoms with Gasteiger partial charge in [0.15, 0.2) is 11.5 Å². The summed E-state index contributed by atoms with van der Waals surface area (Å²) in [6.07, 6.45) is 0. The summed E-state index contributed by atoms with van der Waals surface area (Å²) in [5.41, 5.74) is -0.316. The molecule has 0 amide bonds. The predicted molar refractivity (Wildman–Crippen MR) is 72.8 cm³/mol. The van der Waals surface area contributed by atoms with Crippen LogP contribution in [0.5, 0.6) is 11.5 Å². The third-order valence-electron chi connectivity index (χ3n) is 2.80. The summed E-state index contributed by atoms with van der Waals surface area (Å²) in [6.45, 7) is 3.83. The number of carboxylic acid groups (broad SMARTS) is 1. The van der Waals surface area contributed by atoms with Gasteiger partial charge in [0.25, 0.3) is 0 Å². The number of rotatable bonds is 6. The Morgan fingerprint density at radius 3 is 2.63 bits per heavy atom. The van der Waals surface area contributed by atoms with Crippen molar-refractivity contribution in [3.05, 3.63) is 22.7 Å². The van der Waals surface area contributed by atoms with Crippen molar-refractivity contribution in [2.24, 2.45) is 5.41 Å². The van der Waals surface area contributed by atoms with Gasteiger partial charge in [-0.1, -0.05) is 11.6 Å². The van der Waals surface area contributed by atoms with Crippen LogP contribution in [0.1, 0.15) is 19.4 Å². The number of hydrogen-bond donors (Lipinski definition) is 3. The summed E-state index contributed by atoms with van der Waals surface area (Å²) in [5, 5.41) is 22.3. The quantitative estimate of drug-likeness (QED) is 0.748. The average molecular weight is 288 g/mol. The Bertz CT molecular complexity index is 474. The Morgan fingerprint density at radius 2 is 2.11 bits per heavy atom. The van der Waals surface area contributed by atoms with Gasteiger partial charge in [0.2, 0.25) is 0 Å². The summed E-state index contributed by atoms with van der Waals surface area (Å²) in [4.78, 5) is 11.0. The van der Waals surface area contributed by atoms with Crippen LogP contribution in [0.4, 0.5) is 0 Å². The third-order valence-corrected chi connectivity index (χ3v) is 3.02. The minimum atomic E-state index is -0.882. The maximum Gasteiger partial charge on any atom is 0.310 e. The number of benzene rings is 1. The molecule has 1 aromatic rings. The van der Waals surface area contributed by atoms with Crippen molar-refractivity contribution >= 4 is 17.6 Å². The van der Waals surface area contributed by atoms with Crippen LogP contribution in [0.25, 0.3) is 0 Å². The van der Waals surface area contributed by atoms with Gasteiger partial charge in [-0.15, -0.1) is 0 Å². The van der Waals surface area contributed by atoms with E-state index in [0.717, 1.165) is 0 Å². The normalized spacial score (nSPS) is 11.4. The maximum atomic E-state index is 11.0. The van der Waals surface area contributed by atoms with Crippen molar-refractivity contribution in [1.82, 2.24) is 5.32 Å². The molecule has 5 nitrogen and oxygen atoms in total. The molecule has 0 saturated heterocycles. The lowest BCUT2D eigenvalue weighted by molar-refractivity contribution is -0.146. The number of nitrogens with one attached hydrogen (secondary N) is 1. The van der Waals surface area contributed by atoms with Gasteiger partial charge in [-0.3, -0.25) is 4.79 Å². The number of phenols is 1. The van der Waals surface area contributed by atoms with Gasteiger partial charge < -0.3 is 20.3 Å². The van der Waals surface area contributed by atoms with E-state index in [1.54, 1.807) is 19.9 Å². The number of halogens is 1. The first-order chi connectivity index (χ1) is 8.77. The average Bonchev–Trinajstić information content (AvgIpc) is 2.32. The van der Waals surface area contributed by atoms with Crippen molar-refractivity contribution in [2.45, 2.75) is 20.4 Å².